The number of nitrogens with zero attached hydrogens (tertiary/aromatic N) is 3. The second-order valence-electron chi connectivity index (χ2n) is 3.61. The van der Waals surface area contributed by atoms with Crippen molar-refractivity contribution in [1.82, 2.24) is 10.2 Å². The summed E-state index contributed by atoms with van der Waals surface area (Å²) in [5.74, 6) is -0.568. The molecule has 2 rings (SSSR count). The summed E-state index contributed by atoms with van der Waals surface area (Å²) >= 11 is 2.91. The Balaban J connectivity index is 2.02. The maximum atomic E-state index is 10.9. The first kappa shape index (κ1) is 12.9. The molecule has 6 nitrogen and oxygen atoms in total. The molecule has 0 aliphatic carbocycles. The van der Waals surface area contributed by atoms with Crippen LogP contribution in [0.15, 0.2) is 21.1 Å². The third-order valence-electron chi connectivity index (χ3n) is 2.07. The lowest BCUT2D eigenvalue weighted by Gasteiger charge is -2.03. The largest absolute Gasteiger partial charge is 0.475 e. The minimum atomic E-state index is -1.05. The van der Waals surface area contributed by atoms with E-state index >= 15 is 0 Å². The van der Waals surface area contributed by atoms with Gasteiger partial charge in [-0.25, -0.2) is 4.79 Å². The first-order valence-electron chi connectivity index (χ1n) is 5.01. The predicted molar refractivity (Wildman–Crippen MR) is 69.5 cm³/mol. The lowest BCUT2D eigenvalue weighted by Crippen LogP contribution is -2.07. The molecule has 2 heterocycles. The van der Waals surface area contributed by atoms with Gasteiger partial charge in [0.1, 0.15) is 0 Å². The summed E-state index contributed by atoms with van der Waals surface area (Å²) in [6.07, 6.45) is 1.38. The topological polar surface area (TPSA) is 79.5 Å². The van der Waals surface area contributed by atoms with Gasteiger partial charge in [-0.2, -0.15) is 0 Å². The fourth-order valence-electron chi connectivity index (χ4n) is 1.22. The van der Waals surface area contributed by atoms with E-state index < -0.39 is 5.97 Å². The molecule has 1 N–H and O–H groups in total. The highest BCUT2D eigenvalue weighted by atomic mass is 32.2. The Morgan fingerprint density at radius 1 is 1.56 bits per heavy atom. The number of carbonyl (C=O) groups is 1. The van der Waals surface area contributed by atoms with Crippen LogP contribution in [0.5, 0.6) is 0 Å². The molecular formula is C10H11N3O3S2. The van der Waals surface area contributed by atoms with Crippen LogP contribution < -0.4 is 4.90 Å². The highest BCUT2D eigenvalue weighted by molar-refractivity contribution is 8.00. The molecule has 2 aromatic rings. The average Bonchev–Trinajstić information content (AvgIpc) is 2.95. The summed E-state index contributed by atoms with van der Waals surface area (Å²) in [4.78, 5) is 12.7. The van der Waals surface area contributed by atoms with Gasteiger partial charge >= 0.3 is 5.97 Å². The summed E-state index contributed by atoms with van der Waals surface area (Å²) in [5.41, 5.74) is 0.647. The molecule has 0 fully saturated rings. The number of hydrogen-bond acceptors (Lipinski definition) is 7. The zero-order valence-corrected chi connectivity index (χ0v) is 11.4. The van der Waals surface area contributed by atoms with Gasteiger partial charge in [0.05, 0.1) is 6.26 Å². The van der Waals surface area contributed by atoms with Crippen LogP contribution in [0.4, 0.5) is 5.13 Å². The van der Waals surface area contributed by atoms with Gasteiger partial charge < -0.3 is 14.4 Å². The van der Waals surface area contributed by atoms with Crippen LogP contribution in [0.25, 0.3) is 0 Å². The molecule has 0 unspecified atom stereocenters. The normalized spacial score (nSPS) is 10.6. The number of carboxylic acids is 1. The number of furan rings is 1. The van der Waals surface area contributed by atoms with Crippen molar-refractivity contribution >= 4 is 34.2 Å². The molecule has 2 aromatic heterocycles. The summed E-state index contributed by atoms with van der Waals surface area (Å²) in [6.45, 7) is 0. The molecule has 18 heavy (non-hydrogen) atoms. The number of aromatic nitrogens is 2. The molecule has 0 bridgehead atoms. The van der Waals surface area contributed by atoms with E-state index in [-0.39, 0.29) is 5.76 Å². The highest BCUT2D eigenvalue weighted by Crippen LogP contribution is 2.30. The molecule has 0 aliphatic heterocycles. The Morgan fingerprint density at radius 2 is 2.33 bits per heavy atom. The van der Waals surface area contributed by atoms with Crippen molar-refractivity contribution in [3.8, 4) is 0 Å². The van der Waals surface area contributed by atoms with Crippen molar-refractivity contribution in [2.24, 2.45) is 0 Å². The smallest absolute Gasteiger partial charge is 0.372 e. The van der Waals surface area contributed by atoms with E-state index in [1.807, 2.05) is 19.0 Å². The van der Waals surface area contributed by atoms with Crippen molar-refractivity contribution < 1.29 is 14.3 Å². The number of hydrogen-bond donors (Lipinski definition) is 1. The zero-order chi connectivity index (χ0) is 13.1. The van der Waals surface area contributed by atoms with Crippen LogP contribution in [0.1, 0.15) is 16.1 Å². The number of rotatable bonds is 5. The number of thioether (sulfide) groups is 1. The molecule has 0 atom stereocenters. The molecule has 0 aromatic carbocycles. The Morgan fingerprint density at radius 3 is 2.94 bits per heavy atom. The summed E-state index contributed by atoms with van der Waals surface area (Å²) in [6, 6.07) is 1.66. The Kier molecular flexibility index (Phi) is 3.87. The fraction of sp³-hybridized carbons (Fsp3) is 0.300. The molecule has 0 saturated carbocycles. The Labute approximate surface area is 112 Å². The van der Waals surface area contributed by atoms with E-state index in [1.54, 1.807) is 6.07 Å². The van der Waals surface area contributed by atoms with Gasteiger partial charge in [0.25, 0.3) is 0 Å². The van der Waals surface area contributed by atoms with Crippen LogP contribution in [0.2, 0.25) is 0 Å². The lowest BCUT2D eigenvalue weighted by molar-refractivity contribution is 0.0661. The van der Waals surface area contributed by atoms with E-state index in [0.29, 0.717) is 11.3 Å². The van der Waals surface area contributed by atoms with E-state index in [0.717, 1.165) is 9.47 Å². The van der Waals surface area contributed by atoms with Crippen molar-refractivity contribution in [2.75, 3.05) is 19.0 Å². The summed E-state index contributed by atoms with van der Waals surface area (Å²) in [7, 11) is 3.79. The second kappa shape index (κ2) is 5.40. The van der Waals surface area contributed by atoms with Gasteiger partial charge in [-0.1, -0.05) is 23.1 Å². The third-order valence-corrected chi connectivity index (χ3v) is 4.34. The van der Waals surface area contributed by atoms with Gasteiger partial charge in [-0.05, 0) is 6.07 Å². The van der Waals surface area contributed by atoms with Crippen LogP contribution >= 0.6 is 23.1 Å². The van der Waals surface area contributed by atoms with Crippen LogP contribution in [-0.4, -0.2) is 35.4 Å². The van der Waals surface area contributed by atoms with Crippen LogP contribution in [0.3, 0.4) is 0 Å². The van der Waals surface area contributed by atoms with Gasteiger partial charge in [0, 0.05) is 25.4 Å². The van der Waals surface area contributed by atoms with Crippen molar-refractivity contribution in [3.63, 3.8) is 0 Å². The minimum absolute atomic E-state index is 0.0140. The molecule has 96 valence electrons. The highest BCUT2D eigenvalue weighted by Gasteiger charge is 2.15. The molecule has 0 aliphatic rings. The minimum Gasteiger partial charge on any atom is -0.475 e. The molecule has 0 spiro atoms. The zero-order valence-electron chi connectivity index (χ0n) is 9.78. The summed E-state index contributed by atoms with van der Waals surface area (Å²) in [5, 5.41) is 17.7. The van der Waals surface area contributed by atoms with E-state index in [1.165, 1.54) is 29.4 Å². The molecule has 0 amide bonds. The van der Waals surface area contributed by atoms with E-state index in [9.17, 15) is 4.79 Å². The monoisotopic (exact) mass is 285 g/mol. The van der Waals surface area contributed by atoms with E-state index in [4.69, 9.17) is 9.52 Å². The number of aromatic carboxylic acids is 1. The maximum absolute atomic E-state index is 10.9. The molecule has 0 saturated heterocycles. The van der Waals surface area contributed by atoms with Gasteiger partial charge in [-0.15, -0.1) is 10.2 Å². The first-order valence-corrected chi connectivity index (χ1v) is 6.81. The van der Waals surface area contributed by atoms with E-state index in [2.05, 4.69) is 10.2 Å². The van der Waals surface area contributed by atoms with Crippen LogP contribution in [-0.2, 0) is 5.75 Å². The fourth-order valence-corrected chi connectivity index (χ4v) is 2.96. The van der Waals surface area contributed by atoms with Crippen LogP contribution in [0, 0.1) is 0 Å². The quantitative estimate of drug-likeness (QED) is 0.843. The van der Waals surface area contributed by atoms with Gasteiger partial charge in [-0.3, -0.25) is 0 Å². The van der Waals surface area contributed by atoms with Crippen molar-refractivity contribution in [2.45, 2.75) is 10.1 Å². The standard InChI is InChI=1S/C10H11N3O3S2/c1-13(2)9-11-12-10(18-9)17-5-6-3-4-16-7(6)8(14)15/h3-4H,5H2,1-2H3,(H,14,15). The van der Waals surface area contributed by atoms with Crippen molar-refractivity contribution in [1.29, 1.82) is 0 Å². The van der Waals surface area contributed by atoms with Crippen molar-refractivity contribution in [3.05, 3.63) is 23.7 Å². The Bertz CT molecular complexity index is 550. The first-order chi connectivity index (χ1) is 8.58. The second-order valence-corrected chi connectivity index (χ2v) is 5.79. The number of carboxylic acid groups (broad SMARTS) is 1. The molecular weight excluding hydrogens is 274 g/mol. The van der Waals surface area contributed by atoms with Gasteiger partial charge in [0.2, 0.25) is 10.9 Å². The van der Waals surface area contributed by atoms with Gasteiger partial charge in [0.15, 0.2) is 4.34 Å². The average molecular weight is 285 g/mol. The number of anilines is 1. The summed E-state index contributed by atoms with van der Waals surface area (Å²) < 4.78 is 5.71. The maximum Gasteiger partial charge on any atom is 0.372 e. The lowest BCUT2D eigenvalue weighted by atomic mass is 10.3. The SMILES string of the molecule is CN(C)c1nnc(SCc2ccoc2C(=O)O)s1. The predicted octanol–water partition coefficient (Wildman–Crippen LogP) is 2.19. The molecule has 0 radical (unpaired) electrons. The Hall–Kier alpha value is -1.54. The third kappa shape index (κ3) is 2.82. The molecule has 8 heteroatoms.